The van der Waals surface area contributed by atoms with Gasteiger partial charge < -0.3 is 10.5 Å². The van der Waals surface area contributed by atoms with Gasteiger partial charge in [-0.25, -0.2) is 4.58 Å². The zero-order chi connectivity index (χ0) is 16.7. The molecule has 2 aromatic carbocycles. The fraction of sp³-hybridized carbons (Fsp3) is 0.286. The topological polar surface area (TPSA) is 38.3 Å². The summed E-state index contributed by atoms with van der Waals surface area (Å²) in [6, 6.07) is 10.3. The molecule has 0 bridgehead atoms. The number of nitrogen functional groups attached to an aromatic ring is 1. The van der Waals surface area contributed by atoms with Crippen LogP contribution in [0.4, 0.5) is 5.69 Å². The van der Waals surface area contributed by atoms with E-state index in [9.17, 15) is 0 Å². The fourth-order valence-electron chi connectivity index (χ4n) is 3.74. The molecule has 1 unspecified atom stereocenters. The van der Waals surface area contributed by atoms with Crippen LogP contribution < -0.4 is 10.5 Å². The molecular formula is C21H23N2O+. The number of benzene rings is 2. The molecule has 2 aliphatic rings. The van der Waals surface area contributed by atoms with Gasteiger partial charge in [-0.05, 0) is 31.6 Å². The SMILES string of the molecule is CC[N+](CC)=C1C=CC2Oc3c(cc(N)c4ccccc34)CC2=C1. The lowest BCUT2D eigenvalue weighted by Gasteiger charge is -2.29. The molecular weight excluding hydrogens is 296 g/mol. The van der Waals surface area contributed by atoms with Gasteiger partial charge in [0.25, 0.3) is 0 Å². The smallest absolute Gasteiger partial charge is 0.199 e. The van der Waals surface area contributed by atoms with Crippen molar-refractivity contribution < 1.29 is 9.31 Å². The summed E-state index contributed by atoms with van der Waals surface area (Å²) in [4.78, 5) is 0. The second kappa shape index (κ2) is 5.82. The largest absolute Gasteiger partial charge is 0.481 e. The van der Waals surface area contributed by atoms with Gasteiger partial charge in [-0.2, -0.15) is 0 Å². The van der Waals surface area contributed by atoms with E-state index in [2.05, 4.69) is 54.9 Å². The summed E-state index contributed by atoms with van der Waals surface area (Å²) < 4.78 is 8.72. The van der Waals surface area contributed by atoms with Crippen LogP contribution in [0.5, 0.6) is 5.75 Å². The van der Waals surface area contributed by atoms with Crippen molar-refractivity contribution in [2.75, 3.05) is 18.8 Å². The highest BCUT2D eigenvalue weighted by Gasteiger charge is 2.28. The Balaban J connectivity index is 1.82. The second-order valence-electron chi connectivity index (χ2n) is 6.39. The zero-order valence-corrected chi connectivity index (χ0v) is 14.3. The number of rotatable bonds is 2. The minimum Gasteiger partial charge on any atom is -0.481 e. The van der Waals surface area contributed by atoms with Gasteiger partial charge in [-0.3, -0.25) is 0 Å². The molecule has 0 spiro atoms. The first-order chi connectivity index (χ1) is 11.7. The highest BCUT2D eigenvalue weighted by Crippen LogP contribution is 2.40. The van der Waals surface area contributed by atoms with Crippen molar-refractivity contribution in [2.24, 2.45) is 0 Å². The van der Waals surface area contributed by atoms with E-state index in [0.717, 1.165) is 41.7 Å². The number of ether oxygens (including phenoxy) is 1. The van der Waals surface area contributed by atoms with Crippen LogP contribution in [0.15, 0.2) is 54.1 Å². The number of nitrogens with two attached hydrogens (primary N) is 1. The Labute approximate surface area is 142 Å². The Bertz CT molecular complexity index is 899. The molecule has 2 N–H and O–H groups in total. The van der Waals surface area contributed by atoms with Gasteiger partial charge in [0.05, 0.1) is 0 Å². The maximum atomic E-state index is 6.36. The molecule has 0 amide bonds. The van der Waals surface area contributed by atoms with Crippen LogP contribution in [-0.4, -0.2) is 29.5 Å². The van der Waals surface area contributed by atoms with Crippen LogP contribution in [0, 0.1) is 0 Å². The first-order valence-electron chi connectivity index (χ1n) is 8.68. The van der Waals surface area contributed by atoms with Crippen LogP contribution in [-0.2, 0) is 6.42 Å². The van der Waals surface area contributed by atoms with E-state index in [1.807, 2.05) is 12.1 Å². The van der Waals surface area contributed by atoms with Crippen LogP contribution in [0.1, 0.15) is 19.4 Å². The summed E-state index contributed by atoms with van der Waals surface area (Å²) in [7, 11) is 0. The zero-order valence-electron chi connectivity index (χ0n) is 14.3. The van der Waals surface area contributed by atoms with Crippen molar-refractivity contribution >= 4 is 22.2 Å². The standard InChI is InChI=1S/C21H23N2O/c1-3-23(4-2)16-9-10-20-14(12-16)11-15-13-19(22)17-7-5-6-8-18(17)21(15)24-20/h5-10,12-13,20H,3-4,11,22H2,1-2H3/q+1. The lowest BCUT2D eigenvalue weighted by molar-refractivity contribution is -0.519. The van der Waals surface area contributed by atoms with Crippen LogP contribution in [0.3, 0.4) is 0 Å². The summed E-state index contributed by atoms with van der Waals surface area (Å²) in [6.07, 6.45) is 7.57. The number of hydrogen-bond donors (Lipinski definition) is 1. The number of nitrogens with zero attached hydrogens (tertiary/aromatic N) is 1. The normalized spacial score (nSPS) is 18.7. The molecule has 3 heteroatoms. The highest BCUT2D eigenvalue weighted by molar-refractivity contribution is 6.03. The number of fused-ring (bicyclic) bond motifs is 4. The summed E-state index contributed by atoms with van der Waals surface area (Å²) in [5.41, 5.74) is 10.9. The molecule has 1 aliphatic carbocycles. The van der Waals surface area contributed by atoms with Crippen molar-refractivity contribution in [1.29, 1.82) is 0 Å². The fourth-order valence-corrected chi connectivity index (χ4v) is 3.74. The van der Waals surface area contributed by atoms with E-state index < -0.39 is 0 Å². The summed E-state index contributed by atoms with van der Waals surface area (Å²) in [5.74, 6) is 0.984. The Morgan fingerprint density at radius 1 is 1.17 bits per heavy atom. The molecule has 0 fully saturated rings. The third-order valence-corrected chi connectivity index (χ3v) is 5.01. The summed E-state index contributed by atoms with van der Waals surface area (Å²) in [5, 5.41) is 2.18. The van der Waals surface area contributed by atoms with Crippen LogP contribution >= 0.6 is 0 Å². The average molecular weight is 319 g/mol. The Hall–Kier alpha value is -2.55. The first-order valence-corrected chi connectivity index (χ1v) is 8.68. The van der Waals surface area contributed by atoms with Gasteiger partial charge in [0, 0.05) is 40.6 Å². The quantitative estimate of drug-likeness (QED) is 0.677. The van der Waals surface area contributed by atoms with Gasteiger partial charge in [-0.15, -0.1) is 0 Å². The number of allylic oxidation sites excluding steroid dienone is 2. The molecule has 1 heterocycles. The maximum Gasteiger partial charge on any atom is 0.199 e. The summed E-state index contributed by atoms with van der Waals surface area (Å²) >= 11 is 0. The van der Waals surface area contributed by atoms with Crippen molar-refractivity contribution in [3.63, 3.8) is 0 Å². The molecule has 1 atom stereocenters. The van der Waals surface area contributed by atoms with E-state index >= 15 is 0 Å². The summed E-state index contributed by atoms with van der Waals surface area (Å²) in [6.45, 7) is 6.40. The molecule has 0 radical (unpaired) electrons. The third-order valence-electron chi connectivity index (χ3n) is 5.01. The molecule has 2 aromatic rings. The van der Waals surface area contributed by atoms with Crippen molar-refractivity contribution in [3.05, 3.63) is 59.7 Å². The van der Waals surface area contributed by atoms with E-state index in [1.165, 1.54) is 16.8 Å². The lowest BCUT2D eigenvalue weighted by Crippen LogP contribution is -2.29. The molecule has 0 aromatic heterocycles. The molecule has 24 heavy (non-hydrogen) atoms. The Morgan fingerprint density at radius 2 is 1.92 bits per heavy atom. The van der Waals surface area contributed by atoms with Crippen molar-refractivity contribution in [2.45, 2.75) is 26.4 Å². The molecule has 0 saturated heterocycles. The first kappa shape index (κ1) is 15.0. The van der Waals surface area contributed by atoms with Gasteiger partial charge in [0.15, 0.2) is 5.71 Å². The van der Waals surface area contributed by atoms with E-state index in [0.29, 0.717) is 0 Å². The van der Waals surface area contributed by atoms with Gasteiger partial charge in [0.1, 0.15) is 24.9 Å². The number of anilines is 1. The van der Waals surface area contributed by atoms with E-state index in [-0.39, 0.29) is 6.10 Å². The maximum absolute atomic E-state index is 6.36. The monoisotopic (exact) mass is 319 g/mol. The minimum atomic E-state index is 0.0313. The molecule has 1 aliphatic heterocycles. The van der Waals surface area contributed by atoms with Crippen molar-refractivity contribution in [1.82, 2.24) is 0 Å². The molecule has 3 nitrogen and oxygen atoms in total. The second-order valence-corrected chi connectivity index (χ2v) is 6.39. The third kappa shape index (κ3) is 2.32. The van der Waals surface area contributed by atoms with Crippen molar-refractivity contribution in [3.8, 4) is 5.75 Å². The predicted octanol–water partition coefficient (Wildman–Crippen LogP) is 3.72. The Kier molecular flexibility index (Phi) is 3.64. The minimum absolute atomic E-state index is 0.0313. The molecule has 122 valence electrons. The van der Waals surface area contributed by atoms with Gasteiger partial charge in [0.2, 0.25) is 0 Å². The van der Waals surface area contributed by atoms with E-state index in [4.69, 9.17) is 10.5 Å². The lowest BCUT2D eigenvalue weighted by atomic mass is 9.89. The molecule has 4 rings (SSSR count). The number of hydrogen-bond acceptors (Lipinski definition) is 2. The van der Waals surface area contributed by atoms with Gasteiger partial charge >= 0.3 is 0 Å². The van der Waals surface area contributed by atoms with E-state index in [1.54, 1.807) is 0 Å². The van der Waals surface area contributed by atoms with Crippen LogP contribution in [0.2, 0.25) is 0 Å². The van der Waals surface area contributed by atoms with Gasteiger partial charge in [-0.1, -0.05) is 24.3 Å². The Morgan fingerprint density at radius 3 is 2.67 bits per heavy atom. The van der Waals surface area contributed by atoms with Crippen LogP contribution in [0.25, 0.3) is 10.8 Å². The predicted molar refractivity (Wildman–Crippen MR) is 100 cm³/mol. The average Bonchev–Trinajstić information content (AvgIpc) is 2.62. The highest BCUT2D eigenvalue weighted by atomic mass is 16.5. The molecule has 0 saturated carbocycles.